The van der Waals surface area contributed by atoms with Gasteiger partial charge in [0.2, 0.25) is 18.4 Å². The summed E-state index contributed by atoms with van der Waals surface area (Å²) in [5.74, 6) is -0.133. The van der Waals surface area contributed by atoms with Gasteiger partial charge >= 0.3 is 12.0 Å². The number of para-hydroxylation sites is 1. The second-order valence-corrected chi connectivity index (χ2v) is 19.9. The van der Waals surface area contributed by atoms with Crippen LogP contribution in [0.5, 0.6) is 11.8 Å². The molecule has 382 valence electrons. The number of nitrogens with zero attached hydrogens (tertiary/aromatic N) is 8. The molecule has 3 N–H and O–H groups in total. The highest BCUT2D eigenvalue weighted by atomic mass is 35.5. The van der Waals surface area contributed by atoms with Gasteiger partial charge in [-0.2, -0.15) is 9.97 Å². The van der Waals surface area contributed by atoms with Gasteiger partial charge in [0, 0.05) is 91.6 Å². The fourth-order valence-corrected chi connectivity index (χ4v) is 11.1. The lowest BCUT2D eigenvalue weighted by atomic mass is 10.0. The van der Waals surface area contributed by atoms with Gasteiger partial charge in [-0.25, -0.2) is 11.4 Å². The second kappa shape index (κ2) is 21.8. The Kier molecular flexibility index (Phi) is 14.6. The van der Waals surface area contributed by atoms with Crippen molar-refractivity contribution in [2.75, 3.05) is 69.3 Å². The topological polar surface area (TPSA) is 186 Å². The molecule has 18 nitrogen and oxygen atoms in total. The zero-order valence-corrected chi connectivity index (χ0v) is 42.0. The van der Waals surface area contributed by atoms with Gasteiger partial charge in [-0.15, -0.1) is 0 Å². The van der Waals surface area contributed by atoms with Gasteiger partial charge in [0.25, 0.3) is 11.8 Å². The number of likely N-dealkylation sites (tertiary alicyclic amines) is 1. The Morgan fingerprint density at radius 2 is 1.72 bits per heavy atom. The van der Waals surface area contributed by atoms with Crippen molar-refractivity contribution in [3.63, 3.8) is 0 Å². The molecule has 6 heterocycles. The molecule has 5 aromatic rings. The number of anilines is 2. The lowest BCUT2D eigenvalue weighted by Crippen LogP contribution is -2.57. The number of halogens is 1. The van der Waals surface area contributed by atoms with Crippen molar-refractivity contribution >= 4 is 63.5 Å². The van der Waals surface area contributed by atoms with Crippen LogP contribution >= 0.6 is 11.6 Å². The standard InChI is InChI=1S/C55H58ClN11O7/c1-34(32-73-47-15-5-4-9-37(47)27-59-54(72)58-26-35-16-17-41-38(25-35)29-67(53(41)71)46-18-19-48(68)61-51(46)69)52(70)66-24-23-65(30-40(66)28-57-2)50-42-20-22-64(45-14-7-11-36-10-6-13-43(56)49(36)45)31-44(42)60-55(62-50)74-33-39-12-8-21-63(39)3/h4-7,9-11,13-17,25,39-40,46H,1,8,12,18-24,26-33H2,3H3,(H2,58,59,72)(H,61,68,69)/t39-,40-,46?/m0/s1. The third kappa shape index (κ3) is 10.5. The van der Waals surface area contributed by atoms with E-state index in [1.54, 1.807) is 29.2 Å². The minimum absolute atomic E-state index is 0.0858. The summed E-state index contributed by atoms with van der Waals surface area (Å²) in [5, 5.41) is 10.8. The molecule has 5 aliphatic rings. The fourth-order valence-electron chi connectivity index (χ4n) is 10.8. The molecule has 10 rings (SSSR count). The Balaban J connectivity index is 0.759. The number of imide groups is 1. The van der Waals surface area contributed by atoms with Crippen molar-refractivity contribution in [1.82, 2.24) is 40.6 Å². The number of likely N-dealkylation sites (N-methyl/N-ethyl adjacent to an activating group) is 1. The first-order valence-corrected chi connectivity index (χ1v) is 25.5. The minimum atomic E-state index is -0.709. The van der Waals surface area contributed by atoms with Crippen LogP contribution in [-0.4, -0.2) is 132 Å². The van der Waals surface area contributed by atoms with E-state index in [-0.39, 0.29) is 75.0 Å². The van der Waals surface area contributed by atoms with Gasteiger partial charge < -0.3 is 49.5 Å². The molecule has 3 atom stereocenters. The van der Waals surface area contributed by atoms with E-state index in [1.807, 2.05) is 30.3 Å². The van der Waals surface area contributed by atoms with Gasteiger partial charge in [-0.05, 0) is 80.1 Å². The van der Waals surface area contributed by atoms with Crippen LogP contribution in [0.2, 0.25) is 5.02 Å². The fraction of sp³-hybridized carbons (Fsp3) is 0.382. The molecule has 1 unspecified atom stereocenters. The number of hydrogen-bond donors (Lipinski definition) is 3. The molecule has 74 heavy (non-hydrogen) atoms. The van der Waals surface area contributed by atoms with E-state index in [2.05, 4.69) is 73.4 Å². The van der Waals surface area contributed by atoms with E-state index in [4.69, 9.17) is 37.6 Å². The molecular formula is C55H58ClN11O7. The maximum Gasteiger partial charge on any atom is 0.318 e. The number of rotatable bonds is 15. The molecule has 19 heteroatoms. The number of fused-ring (bicyclic) bond motifs is 3. The first-order valence-electron chi connectivity index (χ1n) is 25.1. The molecule has 1 aromatic heterocycles. The van der Waals surface area contributed by atoms with Gasteiger partial charge in [-0.3, -0.25) is 24.5 Å². The van der Waals surface area contributed by atoms with Crippen LogP contribution in [0.15, 0.2) is 91.0 Å². The summed E-state index contributed by atoms with van der Waals surface area (Å²) < 4.78 is 12.6. The third-order valence-corrected chi connectivity index (χ3v) is 15.1. The summed E-state index contributed by atoms with van der Waals surface area (Å²) in [6, 6.07) is 23.7. The number of amides is 6. The zero-order valence-electron chi connectivity index (χ0n) is 41.3. The minimum Gasteiger partial charge on any atom is -0.488 e. The zero-order chi connectivity index (χ0) is 51.5. The van der Waals surface area contributed by atoms with E-state index < -0.39 is 24.0 Å². The number of hydrogen-bond acceptors (Lipinski definition) is 12. The van der Waals surface area contributed by atoms with Crippen LogP contribution in [0.4, 0.5) is 16.3 Å². The number of carbonyl (C=O) groups is 5. The molecule has 0 spiro atoms. The molecule has 0 radical (unpaired) electrons. The molecule has 3 saturated heterocycles. The van der Waals surface area contributed by atoms with Gasteiger partial charge in [0.05, 0.1) is 17.3 Å². The number of ether oxygens (including phenoxy) is 2. The molecule has 0 saturated carbocycles. The summed E-state index contributed by atoms with van der Waals surface area (Å²) in [4.78, 5) is 88.3. The molecular weight excluding hydrogens is 962 g/mol. The SMILES string of the molecule is [C-]#[N+]C[C@H]1CN(c2nc(OC[C@@H]3CCCN3C)nc3c2CCN(c2cccc4cccc(Cl)c24)C3)CCN1C(=O)C(=C)COc1ccccc1CNC(=O)NCc1ccc2c(c1)CN(C1CCC(=O)NC1=O)C2=O. The Hall–Kier alpha value is -7.75. The number of aromatic nitrogens is 2. The van der Waals surface area contributed by atoms with Crippen LogP contribution in [0.25, 0.3) is 15.6 Å². The average molecular weight is 1020 g/mol. The summed E-state index contributed by atoms with van der Waals surface area (Å²) in [7, 11) is 2.11. The number of piperidine rings is 1. The number of piperazine rings is 1. The summed E-state index contributed by atoms with van der Waals surface area (Å²) >= 11 is 6.80. The van der Waals surface area contributed by atoms with Gasteiger partial charge in [-0.1, -0.05) is 72.8 Å². The molecule has 0 aliphatic carbocycles. The van der Waals surface area contributed by atoms with E-state index in [0.29, 0.717) is 73.7 Å². The lowest BCUT2D eigenvalue weighted by Gasteiger charge is -2.41. The summed E-state index contributed by atoms with van der Waals surface area (Å²) in [6.45, 7) is 16.5. The van der Waals surface area contributed by atoms with Crippen molar-refractivity contribution in [2.24, 2.45) is 0 Å². The van der Waals surface area contributed by atoms with Crippen LogP contribution < -0.4 is 35.2 Å². The third-order valence-electron chi connectivity index (χ3n) is 14.8. The summed E-state index contributed by atoms with van der Waals surface area (Å²) in [5.41, 5.74) is 5.87. The van der Waals surface area contributed by atoms with Gasteiger partial charge in [0.15, 0.2) is 0 Å². The first-order chi connectivity index (χ1) is 35.9. The van der Waals surface area contributed by atoms with Crippen molar-refractivity contribution < 1.29 is 33.4 Å². The Labute approximate surface area is 434 Å². The number of urea groups is 1. The van der Waals surface area contributed by atoms with Crippen LogP contribution in [0.3, 0.4) is 0 Å². The normalized spacial score (nSPS) is 19.7. The molecule has 6 amide bonds. The molecule has 5 aliphatic heterocycles. The predicted octanol–water partition coefficient (Wildman–Crippen LogP) is 5.65. The quantitative estimate of drug-likeness (QED) is 0.0666. The van der Waals surface area contributed by atoms with Crippen molar-refractivity contribution in [3.05, 3.63) is 141 Å². The Bertz CT molecular complexity index is 3080. The maximum atomic E-state index is 14.2. The van der Waals surface area contributed by atoms with E-state index >= 15 is 0 Å². The van der Waals surface area contributed by atoms with Crippen molar-refractivity contribution in [3.8, 4) is 11.8 Å². The Morgan fingerprint density at radius 1 is 0.892 bits per heavy atom. The predicted molar refractivity (Wildman–Crippen MR) is 279 cm³/mol. The Morgan fingerprint density at radius 3 is 2.53 bits per heavy atom. The van der Waals surface area contributed by atoms with E-state index in [0.717, 1.165) is 64.0 Å². The van der Waals surface area contributed by atoms with Crippen LogP contribution in [0, 0.1) is 6.57 Å². The first kappa shape index (κ1) is 49.8. The monoisotopic (exact) mass is 1020 g/mol. The number of carbonyl (C=O) groups excluding carboxylic acids is 5. The van der Waals surface area contributed by atoms with E-state index in [1.165, 1.54) is 4.90 Å². The average Bonchev–Trinajstić information content (AvgIpc) is 3.98. The van der Waals surface area contributed by atoms with Crippen LogP contribution in [-0.2, 0) is 47.0 Å². The molecule has 3 fully saturated rings. The lowest BCUT2D eigenvalue weighted by molar-refractivity contribution is -0.137. The second-order valence-electron chi connectivity index (χ2n) is 19.5. The molecule has 0 bridgehead atoms. The maximum absolute atomic E-state index is 14.2. The van der Waals surface area contributed by atoms with Crippen molar-refractivity contribution in [2.45, 2.75) is 76.4 Å². The smallest absolute Gasteiger partial charge is 0.318 e. The highest BCUT2D eigenvalue weighted by Crippen LogP contribution is 2.38. The summed E-state index contributed by atoms with van der Waals surface area (Å²) in [6.07, 6.45) is 3.28. The van der Waals surface area contributed by atoms with Crippen LogP contribution in [0.1, 0.15) is 64.0 Å². The highest BCUT2D eigenvalue weighted by molar-refractivity contribution is 6.36. The highest BCUT2D eigenvalue weighted by Gasteiger charge is 2.40. The number of nitrogens with one attached hydrogen (secondary N) is 3. The number of benzene rings is 4. The largest absolute Gasteiger partial charge is 0.488 e. The van der Waals surface area contributed by atoms with Crippen molar-refractivity contribution in [1.29, 1.82) is 0 Å². The van der Waals surface area contributed by atoms with Gasteiger partial charge in [0.1, 0.15) is 36.9 Å². The molecule has 4 aromatic carbocycles. The van der Waals surface area contributed by atoms with E-state index in [9.17, 15) is 24.0 Å².